The van der Waals surface area contributed by atoms with E-state index in [1.807, 2.05) is 60.7 Å². The molecule has 0 spiro atoms. The van der Waals surface area contributed by atoms with Gasteiger partial charge in [-0.05, 0) is 24.3 Å². The number of anilines is 2. The van der Waals surface area contributed by atoms with E-state index in [9.17, 15) is 0 Å². The summed E-state index contributed by atoms with van der Waals surface area (Å²) in [5.41, 5.74) is 2.24. The molecule has 0 fully saturated rings. The fourth-order valence-electron chi connectivity index (χ4n) is 1.21. The molecule has 1 N–H and O–H groups in total. The number of para-hydroxylation sites is 2. The predicted octanol–water partition coefficient (Wildman–Crippen LogP) is 3.43. The zero-order valence-electron chi connectivity index (χ0n) is 7.72. The minimum atomic E-state index is 0. The van der Waals surface area contributed by atoms with E-state index in [-0.39, 0.29) is 22.4 Å². The summed E-state index contributed by atoms with van der Waals surface area (Å²) in [6.45, 7) is 0. The van der Waals surface area contributed by atoms with E-state index in [4.69, 9.17) is 0 Å². The Morgan fingerprint density at radius 2 is 0.929 bits per heavy atom. The molecular weight excluding hydrogens is 251 g/mol. The van der Waals surface area contributed by atoms with Crippen LogP contribution in [0, 0.1) is 0 Å². The third-order valence-corrected chi connectivity index (χ3v) is 1.84. The average molecular weight is 262 g/mol. The summed E-state index contributed by atoms with van der Waals surface area (Å²) in [4.78, 5) is 0. The van der Waals surface area contributed by atoms with Gasteiger partial charge in [-0.25, -0.2) is 0 Å². The van der Waals surface area contributed by atoms with Gasteiger partial charge in [0.2, 0.25) is 0 Å². The van der Waals surface area contributed by atoms with Crippen molar-refractivity contribution in [2.45, 2.75) is 0 Å². The summed E-state index contributed by atoms with van der Waals surface area (Å²) in [5, 5.41) is 3.30. The molecule has 0 saturated heterocycles. The zero-order valence-corrected chi connectivity index (χ0v) is 9.92. The quantitative estimate of drug-likeness (QED) is 0.817. The average Bonchev–Trinajstić information content (AvgIpc) is 2.21. The van der Waals surface area contributed by atoms with Gasteiger partial charge in [-0.15, -0.1) is 0 Å². The molecule has 0 amide bonds. The first-order valence-electron chi connectivity index (χ1n) is 4.32. The fourth-order valence-corrected chi connectivity index (χ4v) is 1.21. The van der Waals surface area contributed by atoms with Crippen LogP contribution < -0.4 is 5.32 Å². The van der Waals surface area contributed by atoms with Crippen LogP contribution >= 0.6 is 0 Å². The van der Waals surface area contributed by atoms with Gasteiger partial charge in [0, 0.05) is 33.8 Å². The van der Waals surface area contributed by atoms with Crippen molar-refractivity contribution in [2.24, 2.45) is 0 Å². The Bertz CT molecular complexity index is 321. The molecule has 1 nitrogen and oxygen atoms in total. The van der Waals surface area contributed by atoms with E-state index < -0.39 is 0 Å². The van der Waals surface area contributed by atoms with E-state index in [1.165, 1.54) is 0 Å². The Balaban J connectivity index is 0.000000980. The molecule has 0 saturated carbocycles. The molecule has 0 aromatic heterocycles. The maximum atomic E-state index is 3.30. The molecule has 0 atom stereocenters. The zero-order chi connectivity index (χ0) is 8.93. The molecule has 0 aliphatic rings. The summed E-state index contributed by atoms with van der Waals surface area (Å²) in [5.74, 6) is 0. The Kier molecular flexibility index (Phi) is 4.47. The van der Waals surface area contributed by atoms with Crippen LogP contribution in [0.4, 0.5) is 11.4 Å². The first-order chi connectivity index (χ1) is 6.45. The first-order valence-corrected chi connectivity index (χ1v) is 4.32. The van der Waals surface area contributed by atoms with Crippen molar-refractivity contribution in [1.82, 2.24) is 0 Å². The summed E-state index contributed by atoms with van der Waals surface area (Å²) in [6.07, 6.45) is 0. The van der Waals surface area contributed by atoms with Gasteiger partial charge in [0.1, 0.15) is 0 Å². The van der Waals surface area contributed by atoms with Gasteiger partial charge in [0.05, 0.1) is 0 Å². The second kappa shape index (κ2) is 5.66. The van der Waals surface area contributed by atoms with Crippen LogP contribution in [0.3, 0.4) is 0 Å². The third-order valence-electron chi connectivity index (χ3n) is 1.84. The molecule has 2 heteroatoms. The van der Waals surface area contributed by atoms with E-state index in [2.05, 4.69) is 5.32 Å². The predicted molar refractivity (Wildman–Crippen MR) is 56.2 cm³/mol. The molecule has 14 heavy (non-hydrogen) atoms. The molecule has 0 aliphatic heterocycles. The normalized spacial score (nSPS) is 8.86. The molecular formula is C12H11NNb. The SMILES string of the molecule is [Nb].c1ccc(Nc2ccccc2)cc1. The van der Waals surface area contributed by atoms with Crippen LogP contribution in [0.25, 0.3) is 0 Å². The Labute approximate surface area is 99.7 Å². The van der Waals surface area contributed by atoms with Gasteiger partial charge >= 0.3 is 0 Å². The number of hydrogen-bond donors (Lipinski definition) is 1. The molecule has 0 heterocycles. The standard InChI is InChI=1S/C12H11N.Nb/c1-3-7-11(8-4-1)13-12-9-5-2-6-10-12;/h1-10,13H;. The molecule has 1 radical (unpaired) electrons. The molecule has 2 rings (SSSR count). The van der Waals surface area contributed by atoms with Gasteiger partial charge in [-0.2, -0.15) is 0 Å². The van der Waals surface area contributed by atoms with Crippen LogP contribution in [0.15, 0.2) is 60.7 Å². The van der Waals surface area contributed by atoms with Gasteiger partial charge in [-0.3, -0.25) is 0 Å². The summed E-state index contributed by atoms with van der Waals surface area (Å²) in [7, 11) is 0. The number of benzene rings is 2. The second-order valence-corrected chi connectivity index (χ2v) is 2.86. The monoisotopic (exact) mass is 262 g/mol. The van der Waals surface area contributed by atoms with Gasteiger partial charge < -0.3 is 5.32 Å². The smallest absolute Gasteiger partial charge is 0.0384 e. The fraction of sp³-hybridized carbons (Fsp3) is 0. The van der Waals surface area contributed by atoms with Crippen molar-refractivity contribution in [3.8, 4) is 0 Å². The van der Waals surface area contributed by atoms with Crippen molar-refractivity contribution in [1.29, 1.82) is 0 Å². The van der Waals surface area contributed by atoms with Crippen molar-refractivity contribution in [3.63, 3.8) is 0 Å². The molecule has 0 bridgehead atoms. The van der Waals surface area contributed by atoms with Crippen LogP contribution in [0.2, 0.25) is 0 Å². The minimum Gasteiger partial charge on any atom is -0.356 e. The molecule has 0 aliphatic carbocycles. The van der Waals surface area contributed by atoms with E-state index >= 15 is 0 Å². The Morgan fingerprint density at radius 1 is 0.571 bits per heavy atom. The number of hydrogen-bond acceptors (Lipinski definition) is 1. The van der Waals surface area contributed by atoms with E-state index in [0.717, 1.165) is 11.4 Å². The molecule has 69 valence electrons. The van der Waals surface area contributed by atoms with Crippen LogP contribution in [-0.2, 0) is 22.4 Å². The van der Waals surface area contributed by atoms with Crippen LogP contribution in [0.5, 0.6) is 0 Å². The summed E-state index contributed by atoms with van der Waals surface area (Å²) < 4.78 is 0. The van der Waals surface area contributed by atoms with Gasteiger partial charge in [0.15, 0.2) is 0 Å². The maximum absolute atomic E-state index is 3.30. The van der Waals surface area contributed by atoms with E-state index in [1.54, 1.807) is 0 Å². The van der Waals surface area contributed by atoms with Crippen LogP contribution in [0.1, 0.15) is 0 Å². The van der Waals surface area contributed by atoms with Gasteiger partial charge in [-0.1, -0.05) is 36.4 Å². The molecule has 0 unspecified atom stereocenters. The van der Waals surface area contributed by atoms with Crippen molar-refractivity contribution in [2.75, 3.05) is 5.32 Å². The Hall–Kier alpha value is -1.02. The van der Waals surface area contributed by atoms with Crippen molar-refractivity contribution in [3.05, 3.63) is 60.7 Å². The summed E-state index contributed by atoms with van der Waals surface area (Å²) in [6, 6.07) is 20.3. The molecule has 2 aromatic carbocycles. The van der Waals surface area contributed by atoms with Crippen molar-refractivity contribution < 1.29 is 22.4 Å². The molecule has 2 aromatic rings. The van der Waals surface area contributed by atoms with E-state index in [0.29, 0.717) is 0 Å². The van der Waals surface area contributed by atoms with Gasteiger partial charge in [0.25, 0.3) is 0 Å². The number of nitrogens with one attached hydrogen (secondary N) is 1. The van der Waals surface area contributed by atoms with Crippen LogP contribution in [-0.4, -0.2) is 0 Å². The minimum absolute atomic E-state index is 0. The first kappa shape index (κ1) is 11.1. The van der Waals surface area contributed by atoms with Crippen molar-refractivity contribution >= 4 is 11.4 Å². The topological polar surface area (TPSA) is 12.0 Å². The Morgan fingerprint density at radius 3 is 1.29 bits per heavy atom. The summed E-state index contributed by atoms with van der Waals surface area (Å²) >= 11 is 0. The third kappa shape index (κ3) is 3.04. The second-order valence-electron chi connectivity index (χ2n) is 2.86. The maximum Gasteiger partial charge on any atom is 0.0384 e. The number of rotatable bonds is 2. The largest absolute Gasteiger partial charge is 0.356 e.